The number of aliphatic carboxylic acids is 1. The third-order valence-corrected chi connectivity index (χ3v) is 8.96. The number of anilines is 1. The molecule has 41 heavy (non-hydrogen) atoms. The lowest BCUT2D eigenvalue weighted by molar-refractivity contribution is -0.140. The molecule has 9 nitrogen and oxygen atoms in total. The van der Waals surface area contributed by atoms with Gasteiger partial charge in [-0.15, -0.1) is 0 Å². The molecule has 0 unspecified atom stereocenters. The second-order valence-electron chi connectivity index (χ2n) is 11.0. The van der Waals surface area contributed by atoms with Crippen molar-refractivity contribution in [2.45, 2.75) is 44.6 Å². The number of allylic oxidation sites excluding steroid dienone is 2. The van der Waals surface area contributed by atoms with E-state index < -0.39 is 17.4 Å². The molecule has 2 N–H and O–H groups in total. The van der Waals surface area contributed by atoms with Crippen molar-refractivity contribution in [3.63, 3.8) is 0 Å². The van der Waals surface area contributed by atoms with Gasteiger partial charge in [0.25, 0.3) is 0 Å². The Balaban J connectivity index is 1.30. The third-order valence-electron chi connectivity index (χ3n) is 8.20. The number of aromatic nitrogens is 4. The topological polar surface area (TPSA) is 113 Å². The lowest BCUT2D eigenvalue weighted by atomic mass is 9.62. The molecule has 0 aliphatic heterocycles. The second-order valence-corrected chi connectivity index (χ2v) is 11.8. The normalized spacial score (nSPS) is 17.0. The number of imidazole rings is 1. The van der Waals surface area contributed by atoms with Crippen LogP contribution in [0.4, 0.5) is 5.69 Å². The monoisotopic (exact) mass is 614 g/mol. The molecule has 4 aromatic rings. The van der Waals surface area contributed by atoms with Crippen molar-refractivity contribution >= 4 is 44.5 Å². The molecule has 0 bridgehead atoms. The van der Waals surface area contributed by atoms with Crippen LogP contribution >= 0.6 is 15.9 Å². The van der Waals surface area contributed by atoms with E-state index in [-0.39, 0.29) is 12.2 Å². The molecule has 210 valence electrons. The van der Waals surface area contributed by atoms with Crippen LogP contribution in [0.1, 0.15) is 37.7 Å². The standard InChI is InChI=1S/C31H31BrN6O3/c1-37(2)22-16-20(17-33-18-22)28-36-23-7-6-14-34-29(23)38(28)21-10-8-19(9-11-21)15-24(30(40)41)35-26-25(32)27(39)31(26)12-4-3-5-13-31/h6-11,14,16-18,24,35H,3-5,12-13,15H2,1-2H3,(H,40,41)/t24-/m0/s1. The smallest absolute Gasteiger partial charge is 0.326 e. The van der Waals surface area contributed by atoms with E-state index in [9.17, 15) is 14.7 Å². The number of halogens is 1. The summed E-state index contributed by atoms with van der Waals surface area (Å²) in [5.41, 5.74) is 5.22. The maximum Gasteiger partial charge on any atom is 0.326 e. The van der Waals surface area contributed by atoms with Crippen LogP contribution in [0, 0.1) is 5.41 Å². The molecular weight excluding hydrogens is 584 g/mol. The van der Waals surface area contributed by atoms with Gasteiger partial charge in [0, 0.05) is 49.9 Å². The molecule has 0 radical (unpaired) electrons. The van der Waals surface area contributed by atoms with Crippen LogP contribution in [0.5, 0.6) is 0 Å². The Labute approximate surface area is 246 Å². The number of carboxylic acids is 1. The summed E-state index contributed by atoms with van der Waals surface area (Å²) >= 11 is 3.41. The Bertz CT molecular complexity index is 1670. The quantitative estimate of drug-likeness (QED) is 0.276. The van der Waals surface area contributed by atoms with E-state index in [2.05, 4.69) is 31.2 Å². The van der Waals surface area contributed by atoms with Gasteiger partial charge in [0.15, 0.2) is 11.4 Å². The lowest BCUT2D eigenvalue weighted by Gasteiger charge is -2.46. The Kier molecular flexibility index (Phi) is 7.11. The number of carbonyl (C=O) groups excluding carboxylic acids is 1. The number of Topliss-reactive ketones (excluding diaryl/α,β-unsaturated/α-hetero) is 1. The number of hydrogen-bond acceptors (Lipinski definition) is 7. The molecule has 2 aliphatic carbocycles. The van der Waals surface area contributed by atoms with E-state index in [0.717, 1.165) is 77.3 Å². The van der Waals surface area contributed by atoms with Gasteiger partial charge in [0.1, 0.15) is 17.4 Å². The van der Waals surface area contributed by atoms with Crippen molar-refractivity contribution in [2.24, 2.45) is 5.41 Å². The van der Waals surface area contributed by atoms with Crippen LogP contribution in [-0.4, -0.2) is 56.5 Å². The molecule has 6 rings (SSSR count). The molecule has 1 aromatic carbocycles. The first-order valence-corrected chi connectivity index (χ1v) is 14.6. The average molecular weight is 616 g/mol. The lowest BCUT2D eigenvalue weighted by Crippen LogP contribution is -2.53. The van der Waals surface area contributed by atoms with Crippen molar-refractivity contribution < 1.29 is 14.7 Å². The number of hydrogen-bond donors (Lipinski definition) is 2. The highest BCUT2D eigenvalue weighted by Gasteiger charge is 2.53. The van der Waals surface area contributed by atoms with Gasteiger partial charge in [-0.25, -0.2) is 14.8 Å². The first kappa shape index (κ1) is 27.1. The van der Waals surface area contributed by atoms with Gasteiger partial charge < -0.3 is 15.3 Å². The molecule has 3 heterocycles. The second kappa shape index (κ2) is 10.7. The number of fused-ring (bicyclic) bond motifs is 1. The van der Waals surface area contributed by atoms with Crippen LogP contribution in [0.2, 0.25) is 0 Å². The van der Waals surface area contributed by atoms with Crippen LogP contribution in [0.25, 0.3) is 28.2 Å². The Morgan fingerprint density at radius 2 is 1.90 bits per heavy atom. The summed E-state index contributed by atoms with van der Waals surface area (Å²) in [5, 5.41) is 13.3. The largest absolute Gasteiger partial charge is 0.480 e. The van der Waals surface area contributed by atoms with Gasteiger partial charge in [0.2, 0.25) is 0 Å². The van der Waals surface area contributed by atoms with Crippen LogP contribution in [-0.2, 0) is 16.0 Å². The highest BCUT2D eigenvalue weighted by Crippen LogP contribution is 2.53. The first-order valence-electron chi connectivity index (χ1n) is 13.8. The Morgan fingerprint density at radius 3 is 2.61 bits per heavy atom. The molecule has 0 saturated heterocycles. The van der Waals surface area contributed by atoms with Crippen molar-refractivity contribution in [3.8, 4) is 17.1 Å². The van der Waals surface area contributed by atoms with E-state index in [4.69, 9.17) is 4.98 Å². The van der Waals surface area contributed by atoms with Gasteiger partial charge in [-0.2, -0.15) is 0 Å². The van der Waals surface area contributed by atoms with Crippen molar-refractivity contribution in [3.05, 3.63) is 76.8 Å². The molecule has 10 heteroatoms. The number of benzene rings is 1. The highest BCUT2D eigenvalue weighted by atomic mass is 79.9. The van der Waals surface area contributed by atoms with Gasteiger partial charge >= 0.3 is 5.97 Å². The summed E-state index contributed by atoms with van der Waals surface area (Å²) in [6.45, 7) is 0. The van der Waals surface area contributed by atoms with Gasteiger partial charge in [0.05, 0.1) is 21.8 Å². The fourth-order valence-electron chi connectivity index (χ4n) is 5.96. The Morgan fingerprint density at radius 1 is 1.15 bits per heavy atom. The summed E-state index contributed by atoms with van der Waals surface area (Å²) in [4.78, 5) is 41.0. The van der Waals surface area contributed by atoms with Gasteiger partial charge in [-0.3, -0.25) is 14.3 Å². The van der Waals surface area contributed by atoms with Crippen LogP contribution < -0.4 is 10.2 Å². The maximum absolute atomic E-state index is 12.8. The molecule has 1 atom stereocenters. The van der Waals surface area contributed by atoms with Crippen LogP contribution in [0.3, 0.4) is 0 Å². The summed E-state index contributed by atoms with van der Waals surface area (Å²) in [5.74, 6) is -0.138. The van der Waals surface area contributed by atoms with E-state index in [1.54, 1.807) is 18.6 Å². The molecule has 1 spiro atoms. The molecule has 2 aliphatic rings. The third kappa shape index (κ3) is 4.80. The summed E-state index contributed by atoms with van der Waals surface area (Å²) in [7, 11) is 3.94. The zero-order chi connectivity index (χ0) is 28.7. The first-order chi connectivity index (χ1) is 19.8. The molecule has 1 saturated carbocycles. The van der Waals surface area contributed by atoms with E-state index in [0.29, 0.717) is 4.48 Å². The minimum absolute atomic E-state index is 0.0940. The zero-order valence-electron chi connectivity index (χ0n) is 23.0. The van der Waals surface area contributed by atoms with E-state index >= 15 is 0 Å². The van der Waals surface area contributed by atoms with Crippen molar-refractivity contribution in [1.29, 1.82) is 0 Å². The van der Waals surface area contributed by atoms with E-state index in [1.165, 1.54) is 0 Å². The molecular formula is C31H31BrN6O3. The number of nitrogens with one attached hydrogen (secondary N) is 1. The Hall–Kier alpha value is -4.05. The maximum atomic E-state index is 12.8. The number of nitrogens with zero attached hydrogens (tertiary/aromatic N) is 5. The number of pyridine rings is 2. The van der Waals surface area contributed by atoms with Gasteiger partial charge in [-0.05, 0) is 64.7 Å². The number of carboxylic acid groups (broad SMARTS) is 1. The van der Waals surface area contributed by atoms with Crippen molar-refractivity contribution in [1.82, 2.24) is 24.8 Å². The fourth-order valence-corrected chi connectivity index (χ4v) is 6.83. The summed E-state index contributed by atoms with van der Waals surface area (Å²) in [6.07, 6.45) is 10.2. The molecule has 0 amide bonds. The average Bonchev–Trinajstić information content (AvgIpc) is 3.39. The zero-order valence-corrected chi connectivity index (χ0v) is 24.6. The SMILES string of the molecule is CN(C)c1cncc(-c2nc3cccnc3n2-c2ccc(C[C@H](NC3=C(Br)C(=O)C34CCCCC4)C(=O)O)cc2)c1. The number of rotatable bonds is 8. The molecule has 1 fully saturated rings. The van der Waals surface area contributed by atoms with Crippen molar-refractivity contribution in [2.75, 3.05) is 19.0 Å². The highest BCUT2D eigenvalue weighted by molar-refractivity contribution is 9.12. The predicted molar refractivity (Wildman–Crippen MR) is 161 cm³/mol. The van der Waals surface area contributed by atoms with Gasteiger partial charge in [-0.1, -0.05) is 31.4 Å². The summed E-state index contributed by atoms with van der Waals surface area (Å²) < 4.78 is 2.48. The predicted octanol–water partition coefficient (Wildman–Crippen LogP) is 5.27. The minimum Gasteiger partial charge on any atom is -0.480 e. The fraction of sp³-hybridized carbons (Fsp3) is 0.323. The number of carbonyl (C=O) groups is 2. The van der Waals surface area contributed by atoms with E-state index in [1.807, 2.05) is 66.0 Å². The van der Waals surface area contributed by atoms with Crippen LogP contribution in [0.15, 0.2) is 71.2 Å². The minimum atomic E-state index is -0.951. The number of ketones is 1. The molecule has 3 aromatic heterocycles. The summed E-state index contributed by atoms with van der Waals surface area (Å²) in [6, 6.07) is 12.8.